The second-order valence-electron chi connectivity index (χ2n) is 5.79. The Morgan fingerprint density at radius 3 is 2.81 bits per heavy atom. The fourth-order valence-electron chi connectivity index (χ4n) is 2.69. The maximum absolute atomic E-state index is 4.14. The molecule has 1 aliphatic rings. The van der Waals surface area contributed by atoms with Gasteiger partial charge in [-0.2, -0.15) is 0 Å². The summed E-state index contributed by atoms with van der Waals surface area (Å²) in [5.41, 5.74) is 0.497. The standard InChI is InChI=1S/C12H22N4/c1-9(11-15-13-8-16(11)4)14-10-5-6-12(2,3)7-10/h8-10,14H,5-7H2,1-4H3. The van der Waals surface area contributed by atoms with Crippen molar-refractivity contribution in [1.29, 1.82) is 0 Å². The van der Waals surface area contributed by atoms with Gasteiger partial charge in [0.2, 0.25) is 0 Å². The van der Waals surface area contributed by atoms with Crippen LogP contribution in [-0.4, -0.2) is 20.8 Å². The first-order chi connectivity index (χ1) is 7.48. The van der Waals surface area contributed by atoms with Crippen molar-refractivity contribution >= 4 is 0 Å². The summed E-state index contributed by atoms with van der Waals surface area (Å²) in [5, 5.41) is 11.7. The molecule has 2 unspecified atom stereocenters. The molecule has 0 amide bonds. The zero-order chi connectivity index (χ0) is 11.8. The highest BCUT2D eigenvalue weighted by molar-refractivity contribution is 4.95. The van der Waals surface area contributed by atoms with Crippen molar-refractivity contribution in [3.8, 4) is 0 Å². The van der Waals surface area contributed by atoms with Crippen LogP contribution in [0.25, 0.3) is 0 Å². The van der Waals surface area contributed by atoms with Crippen LogP contribution >= 0.6 is 0 Å². The van der Waals surface area contributed by atoms with E-state index in [1.54, 1.807) is 6.33 Å². The van der Waals surface area contributed by atoms with Gasteiger partial charge >= 0.3 is 0 Å². The second-order valence-corrected chi connectivity index (χ2v) is 5.79. The van der Waals surface area contributed by atoms with Crippen molar-refractivity contribution in [2.24, 2.45) is 12.5 Å². The van der Waals surface area contributed by atoms with Crippen molar-refractivity contribution < 1.29 is 0 Å². The van der Waals surface area contributed by atoms with Gasteiger partial charge in [0, 0.05) is 13.1 Å². The third kappa shape index (κ3) is 2.43. The minimum atomic E-state index is 0.284. The van der Waals surface area contributed by atoms with E-state index >= 15 is 0 Å². The van der Waals surface area contributed by atoms with Gasteiger partial charge in [-0.25, -0.2) is 0 Å². The lowest BCUT2D eigenvalue weighted by molar-refractivity contribution is 0.353. The van der Waals surface area contributed by atoms with E-state index in [0.717, 1.165) is 5.82 Å². The van der Waals surface area contributed by atoms with Gasteiger partial charge in [0.15, 0.2) is 0 Å². The molecule has 0 aliphatic heterocycles. The van der Waals surface area contributed by atoms with Gasteiger partial charge in [0.25, 0.3) is 0 Å². The highest BCUT2D eigenvalue weighted by atomic mass is 15.3. The minimum Gasteiger partial charge on any atom is -0.319 e. The third-order valence-electron chi connectivity index (χ3n) is 3.59. The van der Waals surface area contributed by atoms with E-state index in [4.69, 9.17) is 0 Å². The summed E-state index contributed by atoms with van der Waals surface area (Å²) in [6.07, 6.45) is 5.60. The number of aromatic nitrogens is 3. The van der Waals surface area contributed by atoms with E-state index in [9.17, 15) is 0 Å². The number of rotatable bonds is 3. The van der Waals surface area contributed by atoms with Crippen molar-refractivity contribution in [2.45, 2.75) is 52.1 Å². The lowest BCUT2D eigenvalue weighted by atomic mass is 9.92. The maximum Gasteiger partial charge on any atom is 0.149 e. The second kappa shape index (κ2) is 4.17. The molecule has 1 aliphatic carbocycles. The van der Waals surface area contributed by atoms with Crippen LogP contribution in [0.4, 0.5) is 0 Å². The number of hydrogen-bond acceptors (Lipinski definition) is 3. The van der Waals surface area contributed by atoms with Gasteiger partial charge in [-0.05, 0) is 31.6 Å². The average Bonchev–Trinajstić information content (AvgIpc) is 2.72. The monoisotopic (exact) mass is 222 g/mol. The van der Waals surface area contributed by atoms with Crippen LogP contribution in [-0.2, 0) is 7.05 Å². The number of nitrogens with one attached hydrogen (secondary N) is 1. The van der Waals surface area contributed by atoms with Crippen molar-refractivity contribution in [3.63, 3.8) is 0 Å². The predicted molar refractivity (Wildman–Crippen MR) is 64.0 cm³/mol. The summed E-state index contributed by atoms with van der Waals surface area (Å²) in [5.74, 6) is 1.02. The lowest BCUT2D eigenvalue weighted by Crippen LogP contribution is -2.31. The molecule has 90 valence electrons. The van der Waals surface area contributed by atoms with E-state index in [2.05, 4.69) is 36.3 Å². The van der Waals surface area contributed by atoms with E-state index in [-0.39, 0.29) is 6.04 Å². The Hall–Kier alpha value is -0.900. The Bertz CT molecular complexity index is 356. The normalized spacial score (nSPS) is 25.9. The molecule has 4 nitrogen and oxygen atoms in total. The fraction of sp³-hybridized carbons (Fsp3) is 0.833. The van der Waals surface area contributed by atoms with Crippen LogP contribution < -0.4 is 5.32 Å². The van der Waals surface area contributed by atoms with E-state index in [1.807, 2.05) is 11.6 Å². The van der Waals surface area contributed by atoms with Crippen LogP contribution in [0.2, 0.25) is 0 Å². The largest absolute Gasteiger partial charge is 0.319 e. The molecular formula is C12H22N4. The molecule has 16 heavy (non-hydrogen) atoms. The summed E-state index contributed by atoms with van der Waals surface area (Å²) < 4.78 is 1.98. The molecule has 1 heterocycles. The van der Waals surface area contributed by atoms with Crippen LogP contribution in [0.15, 0.2) is 6.33 Å². The number of hydrogen-bond donors (Lipinski definition) is 1. The molecule has 0 saturated heterocycles. The topological polar surface area (TPSA) is 42.7 Å². The Morgan fingerprint density at radius 2 is 2.31 bits per heavy atom. The SMILES string of the molecule is CC(NC1CCC(C)(C)C1)c1nncn1C. The quantitative estimate of drug-likeness (QED) is 0.851. The molecule has 0 aromatic carbocycles. The Kier molecular flexibility index (Phi) is 3.02. The summed E-state index contributed by atoms with van der Waals surface area (Å²) >= 11 is 0. The fourth-order valence-corrected chi connectivity index (χ4v) is 2.69. The van der Waals surface area contributed by atoms with Gasteiger partial charge in [0.05, 0.1) is 6.04 Å². The molecule has 0 bridgehead atoms. The van der Waals surface area contributed by atoms with E-state index in [1.165, 1.54) is 19.3 Å². The summed E-state index contributed by atoms with van der Waals surface area (Å²) in [6, 6.07) is 0.910. The van der Waals surface area contributed by atoms with Gasteiger partial charge < -0.3 is 9.88 Å². The smallest absolute Gasteiger partial charge is 0.149 e. The van der Waals surface area contributed by atoms with Gasteiger partial charge in [-0.1, -0.05) is 13.8 Å². The third-order valence-corrected chi connectivity index (χ3v) is 3.59. The van der Waals surface area contributed by atoms with E-state index in [0.29, 0.717) is 11.5 Å². The Morgan fingerprint density at radius 1 is 1.56 bits per heavy atom. The summed E-state index contributed by atoms with van der Waals surface area (Å²) in [4.78, 5) is 0. The molecule has 1 aromatic rings. The van der Waals surface area contributed by atoms with E-state index < -0.39 is 0 Å². The molecule has 1 fully saturated rings. The molecule has 1 N–H and O–H groups in total. The number of nitrogens with zero attached hydrogens (tertiary/aromatic N) is 3. The zero-order valence-electron chi connectivity index (χ0n) is 10.7. The van der Waals surface area contributed by atoms with Crippen molar-refractivity contribution in [1.82, 2.24) is 20.1 Å². The molecule has 0 radical (unpaired) electrons. The number of aryl methyl sites for hydroxylation is 1. The first kappa shape index (κ1) is 11.6. The lowest BCUT2D eigenvalue weighted by Gasteiger charge is -2.21. The minimum absolute atomic E-state index is 0.284. The average molecular weight is 222 g/mol. The molecular weight excluding hydrogens is 200 g/mol. The van der Waals surface area contributed by atoms with Crippen molar-refractivity contribution in [3.05, 3.63) is 12.2 Å². The first-order valence-electron chi connectivity index (χ1n) is 6.08. The molecule has 1 aromatic heterocycles. The molecule has 2 rings (SSSR count). The Balaban J connectivity index is 1.94. The summed E-state index contributed by atoms with van der Waals surface area (Å²) in [7, 11) is 1.99. The van der Waals surface area contributed by atoms with Gasteiger partial charge in [0.1, 0.15) is 12.2 Å². The molecule has 4 heteroatoms. The van der Waals surface area contributed by atoms with Crippen LogP contribution in [0.3, 0.4) is 0 Å². The van der Waals surface area contributed by atoms with Crippen LogP contribution in [0.5, 0.6) is 0 Å². The van der Waals surface area contributed by atoms with Gasteiger partial charge in [-0.3, -0.25) is 0 Å². The molecule has 1 saturated carbocycles. The van der Waals surface area contributed by atoms with Crippen molar-refractivity contribution in [2.75, 3.05) is 0 Å². The first-order valence-corrected chi connectivity index (χ1v) is 6.08. The molecule has 0 spiro atoms. The van der Waals surface area contributed by atoms with Gasteiger partial charge in [-0.15, -0.1) is 10.2 Å². The van der Waals surface area contributed by atoms with Crippen LogP contribution in [0.1, 0.15) is 51.9 Å². The molecule has 2 atom stereocenters. The van der Waals surface area contributed by atoms with Crippen LogP contribution in [0, 0.1) is 5.41 Å². The maximum atomic E-state index is 4.14. The Labute approximate surface area is 97.5 Å². The highest BCUT2D eigenvalue weighted by Crippen LogP contribution is 2.37. The predicted octanol–water partition coefficient (Wildman–Crippen LogP) is 2.04. The summed E-state index contributed by atoms with van der Waals surface area (Å²) in [6.45, 7) is 6.86. The highest BCUT2D eigenvalue weighted by Gasteiger charge is 2.31. The zero-order valence-corrected chi connectivity index (χ0v) is 10.7.